The van der Waals surface area contributed by atoms with E-state index < -0.39 is 34.1 Å². The molecule has 0 aliphatic carbocycles. The second kappa shape index (κ2) is 6.22. The van der Waals surface area contributed by atoms with Gasteiger partial charge < -0.3 is 0 Å². The first-order valence-corrected chi connectivity index (χ1v) is 7.91. The van der Waals surface area contributed by atoms with Gasteiger partial charge in [0.25, 0.3) is 0 Å². The molecule has 3 aromatic rings. The largest absolute Gasteiger partial charge is 0.425 e. The zero-order valence-electron chi connectivity index (χ0n) is 12.7. The predicted octanol–water partition coefficient (Wildman–Crippen LogP) is 6.83. The molecule has 0 aliphatic rings. The Kier molecular flexibility index (Phi) is 4.36. The van der Waals surface area contributed by atoms with Crippen molar-refractivity contribution in [2.24, 2.45) is 0 Å². The van der Waals surface area contributed by atoms with E-state index in [-0.39, 0.29) is 27.3 Å². The molecule has 0 spiro atoms. The highest BCUT2D eigenvalue weighted by atomic mass is 32.1. The minimum atomic E-state index is -4.58. The van der Waals surface area contributed by atoms with Crippen LogP contribution in [0, 0.1) is 24.4 Å². The van der Waals surface area contributed by atoms with Gasteiger partial charge in [-0.15, -0.1) is 11.3 Å². The summed E-state index contributed by atoms with van der Waals surface area (Å²) in [5.41, 5.74) is 0.0785. The molecule has 0 amide bonds. The molecule has 0 nitrogen and oxygen atoms in total. The van der Waals surface area contributed by atoms with E-state index in [2.05, 4.69) is 0 Å². The summed E-state index contributed by atoms with van der Waals surface area (Å²) in [5, 5.41) is 0. The monoisotopic (exact) mass is 372 g/mol. The van der Waals surface area contributed by atoms with Gasteiger partial charge >= 0.3 is 6.18 Å². The van der Waals surface area contributed by atoms with E-state index in [1.54, 1.807) is 13.0 Å². The molecule has 1 heterocycles. The smallest absolute Gasteiger partial charge is 0.206 e. The number of halogens is 6. The average Bonchev–Trinajstić information content (AvgIpc) is 2.96. The summed E-state index contributed by atoms with van der Waals surface area (Å²) in [4.78, 5) is -1.13. The standard InChI is InChI=1S/C18H10F6S/c1-9-2-3-11(12(19)6-9)10-7-13(20)17(14(21)8-10)15-4-5-16(25-15)18(22,23)24/h2-8H,1H3. The summed E-state index contributed by atoms with van der Waals surface area (Å²) >= 11 is 0.249. The van der Waals surface area contributed by atoms with Crippen molar-refractivity contribution in [2.45, 2.75) is 13.1 Å². The topological polar surface area (TPSA) is 0 Å². The highest BCUT2D eigenvalue weighted by Crippen LogP contribution is 2.40. The lowest BCUT2D eigenvalue weighted by Crippen LogP contribution is -2.00. The number of hydrogen-bond donors (Lipinski definition) is 0. The van der Waals surface area contributed by atoms with Crippen LogP contribution in [0.4, 0.5) is 26.3 Å². The van der Waals surface area contributed by atoms with Crippen LogP contribution in [0.15, 0.2) is 42.5 Å². The summed E-state index contributed by atoms with van der Waals surface area (Å²) in [5.74, 6) is -2.74. The molecule has 0 bridgehead atoms. The molecular formula is C18H10F6S. The van der Waals surface area contributed by atoms with E-state index in [9.17, 15) is 26.3 Å². The van der Waals surface area contributed by atoms with Crippen LogP contribution in [-0.4, -0.2) is 0 Å². The van der Waals surface area contributed by atoms with Crippen molar-refractivity contribution in [3.8, 4) is 21.6 Å². The quantitative estimate of drug-likeness (QED) is 0.433. The SMILES string of the molecule is Cc1ccc(-c2cc(F)c(-c3ccc(C(F)(F)F)s3)c(F)c2)c(F)c1. The summed E-state index contributed by atoms with van der Waals surface area (Å²) in [7, 11) is 0. The van der Waals surface area contributed by atoms with Gasteiger partial charge in [0.15, 0.2) is 0 Å². The molecule has 0 atom stereocenters. The summed E-state index contributed by atoms with van der Waals surface area (Å²) in [6, 6.07) is 7.84. The van der Waals surface area contributed by atoms with Crippen molar-refractivity contribution < 1.29 is 26.3 Å². The van der Waals surface area contributed by atoms with Gasteiger partial charge in [-0.3, -0.25) is 0 Å². The highest BCUT2D eigenvalue weighted by molar-refractivity contribution is 7.15. The number of alkyl halides is 3. The average molecular weight is 372 g/mol. The van der Waals surface area contributed by atoms with Crippen LogP contribution in [0.2, 0.25) is 0 Å². The van der Waals surface area contributed by atoms with Gasteiger partial charge in [-0.1, -0.05) is 12.1 Å². The first-order valence-electron chi connectivity index (χ1n) is 7.10. The first kappa shape index (κ1) is 17.5. The van der Waals surface area contributed by atoms with Gasteiger partial charge in [0, 0.05) is 10.4 Å². The Hall–Kier alpha value is -2.28. The molecule has 1 aromatic heterocycles. The van der Waals surface area contributed by atoms with E-state index in [0.717, 1.165) is 24.3 Å². The van der Waals surface area contributed by atoms with Gasteiger partial charge in [0.2, 0.25) is 0 Å². The molecule has 130 valence electrons. The van der Waals surface area contributed by atoms with Gasteiger partial charge in [-0.25, -0.2) is 13.2 Å². The third-order valence-electron chi connectivity index (χ3n) is 3.61. The molecular weight excluding hydrogens is 362 g/mol. The number of thiophene rings is 1. The molecule has 2 aromatic carbocycles. The molecule has 0 saturated carbocycles. The number of aryl methyl sites for hydroxylation is 1. The summed E-state index contributed by atoms with van der Waals surface area (Å²) < 4.78 is 80.7. The normalized spacial score (nSPS) is 11.8. The van der Waals surface area contributed by atoms with Crippen LogP contribution in [0.3, 0.4) is 0 Å². The number of benzene rings is 2. The lowest BCUT2D eigenvalue weighted by atomic mass is 10.0. The third kappa shape index (κ3) is 3.42. The maximum Gasteiger partial charge on any atom is 0.425 e. The van der Waals surface area contributed by atoms with E-state index >= 15 is 0 Å². The van der Waals surface area contributed by atoms with Crippen LogP contribution < -0.4 is 0 Å². The Morgan fingerprint density at radius 1 is 0.800 bits per heavy atom. The van der Waals surface area contributed by atoms with Crippen LogP contribution in [-0.2, 0) is 6.18 Å². The Bertz CT molecular complexity index is 916. The molecule has 25 heavy (non-hydrogen) atoms. The van der Waals surface area contributed by atoms with E-state index in [0.29, 0.717) is 5.56 Å². The maximum atomic E-state index is 14.4. The molecule has 7 heteroatoms. The Morgan fingerprint density at radius 3 is 1.96 bits per heavy atom. The fraction of sp³-hybridized carbons (Fsp3) is 0.111. The highest BCUT2D eigenvalue weighted by Gasteiger charge is 2.33. The molecule has 0 radical (unpaired) electrons. The van der Waals surface area contributed by atoms with Gasteiger partial charge in [-0.05, 0) is 48.4 Å². The van der Waals surface area contributed by atoms with Crippen molar-refractivity contribution >= 4 is 11.3 Å². The van der Waals surface area contributed by atoms with E-state index in [4.69, 9.17) is 0 Å². The molecule has 0 N–H and O–H groups in total. The molecule has 0 aliphatic heterocycles. The Balaban J connectivity index is 2.08. The van der Waals surface area contributed by atoms with Crippen molar-refractivity contribution in [3.05, 3.63) is 70.4 Å². The van der Waals surface area contributed by atoms with Crippen LogP contribution >= 0.6 is 11.3 Å². The van der Waals surface area contributed by atoms with Gasteiger partial charge in [-0.2, -0.15) is 13.2 Å². The van der Waals surface area contributed by atoms with Crippen molar-refractivity contribution in [1.82, 2.24) is 0 Å². The van der Waals surface area contributed by atoms with Crippen LogP contribution in [0.25, 0.3) is 21.6 Å². The van der Waals surface area contributed by atoms with Gasteiger partial charge in [0.05, 0.1) is 5.56 Å². The van der Waals surface area contributed by atoms with Crippen molar-refractivity contribution in [1.29, 1.82) is 0 Å². The lowest BCUT2D eigenvalue weighted by Gasteiger charge is -2.09. The van der Waals surface area contributed by atoms with Crippen LogP contribution in [0.1, 0.15) is 10.4 Å². The second-order valence-corrected chi connectivity index (χ2v) is 6.54. The maximum absolute atomic E-state index is 14.4. The van der Waals surface area contributed by atoms with Crippen molar-refractivity contribution in [2.75, 3.05) is 0 Å². The van der Waals surface area contributed by atoms with Crippen LogP contribution in [0.5, 0.6) is 0 Å². The van der Waals surface area contributed by atoms with Crippen molar-refractivity contribution in [3.63, 3.8) is 0 Å². The minimum Gasteiger partial charge on any atom is -0.206 e. The lowest BCUT2D eigenvalue weighted by molar-refractivity contribution is -0.134. The number of rotatable bonds is 2. The first-order chi connectivity index (χ1) is 11.7. The van der Waals surface area contributed by atoms with Gasteiger partial charge in [0.1, 0.15) is 22.3 Å². The van der Waals surface area contributed by atoms with E-state index in [1.807, 2.05) is 0 Å². The zero-order chi connectivity index (χ0) is 18.4. The zero-order valence-corrected chi connectivity index (χ0v) is 13.5. The Labute approximate surface area is 143 Å². The predicted molar refractivity (Wildman–Crippen MR) is 84.8 cm³/mol. The molecule has 3 rings (SSSR count). The molecule has 0 saturated heterocycles. The molecule has 0 fully saturated rings. The number of hydrogen-bond acceptors (Lipinski definition) is 1. The summed E-state index contributed by atoms with van der Waals surface area (Å²) in [6.45, 7) is 1.67. The summed E-state index contributed by atoms with van der Waals surface area (Å²) in [6.07, 6.45) is -4.58. The Morgan fingerprint density at radius 2 is 1.44 bits per heavy atom. The fourth-order valence-electron chi connectivity index (χ4n) is 2.44. The molecule has 0 unspecified atom stereocenters. The third-order valence-corrected chi connectivity index (χ3v) is 4.76. The second-order valence-electron chi connectivity index (χ2n) is 5.46. The fourth-order valence-corrected chi connectivity index (χ4v) is 3.36. The van der Waals surface area contributed by atoms with E-state index in [1.165, 1.54) is 12.1 Å². The minimum absolute atomic E-state index is 0.0112.